The third-order valence-electron chi connectivity index (χ3n) is 3.80. The Morgan fingerprint density at radius 3 is 2.42 bits per heavy atom. The largest absolute Gasteiger partial charge is 0.493 e. The van der Waals surface area contributed by atoms with Gasteiger partial charge in [-0.1, -0.05) is 0 Å². The van der Waals surface area contributed by atoms with Crippen LogP contribution < -0.4 is 20.1 Å². The molecular formula is C18H23N3O5. The lowest BCUT2D eigenvalue weighted by Crippen LogP contribution is -2.40. The fourth-order valence-corrected chi connectivity index (χ4v) is 2.39. The predicted octanol–water partition coefficient (Wildman–Crippen LogP) is 1.65. The highest BCUT2D eigenvalue weighted by Crippen LogP contribution is 2.29. The Balaban J connectivity index is 1.96. The molecule has 0 aliphatic carbocycles. The molecule has 8 heteroatoms. The topological polar surface area (TPSA) is 93.0 Å². The number of furan rings is 1. The first-order valence-electron chi connectivity index (χ1n) is 7.97. The van der Waals surface area contributed by atoms with Crippen LogP contribution in [0.25, 0.3) is 0 Å². The molecular weight excluding hydrogens is 338 g/mol. The van der Waals surface area contributed by atoms with Gasteiger partial charge in [0.1, 0.15) is 5.76 Å². The summed E-state index contributed by atoms with van der Waals surface area (Å²) in [4.78, 5) is 26.1. The molecule has 2 rings (SSSR count). The van der Waals surface area contributed by atoms with Crippen molar-refractivity contribution in [3.63, 3.8) is 0 Å². The number of hydrogen-bond acceptors (Lipinski definition) is 6. The SMILES string of the molecule is COc1ccc(NC(=O)C(=O)NCC(c2ccco2)N(C)C)cc1OC. The molecule has 0 aliphatic rings. The van der Waals surface area contributed by atoms with E-state index in [-0.39, 0.29) is 12.6 Å². The molecule has 140 valence electrons. The number of nitrogens with zero attached hydrogens (tertiary/aromatic N) is 1. The molecule has 8 nitrogen and oxygen atoms in total. The minimum atomic E-state index is -0.769. The molecule has 1 aromatic carbocycles. The highest BCUT2D eigenvalue weighted by Gasteiger charge is 2.21. The average Bonchev–Trinajstić information content (AvgIpc) is 3.15. The van der Waals surface area contributed by atoms with E-state index in [2.05, 4.69) is 10.6 Å². The molecule has 0 spiro atoms. The van der Waals surface area contributed by atoms with Crippen molar-refractivity contribution < 1.29 is 23.5 Å². The molecule has 0 radical (unpaired) electrons. The number of ether oxygens (including phenoxy) is 2. The molecule has 0 saturated heterocycles. The predicted molar refractivity (Wildman–Crippen MR) is 96.3 cm³/mol. The van der Waals surface area contributed by atoms with E-state index >= 15 is 0 Å². The molecule has 1 heterocycles. The summed E-state index contributed by atoms with van der Waals surface area (Å²) in [6.45, 7) is 0.235. The van der Waals surface area contributed by atoms with Gasteiger partial charge in [-0.3, -0.25) is 14.5 Å². The molecule has 1 atom stereocenters. The Hall–Kier alpha value is -3.00. The number of carbonyl (C=O) groups excluding carboxylic acids is 2. The van der Waals surface area contributed by atoms with Gasteiger partial charge in [0.2, 0.25) is 0 Å². The van der Waals surface area contributed by atoms with E-state index in [0.717, 1.165) is 0 Å². The third-order valence-corrected chi connectivity index (χ3v) is 3.80. The number of likely N-dealkylation sites (N-methyl/N-ethyl adjacent to an activating group) is 1. The quantitative estimate of drug-likeness (QED) is 0.729. The average molecular weight is 361 g/mol. The first-order valence-corrected chi connectivity index (χ1v) is 7.97. The van der Waals surface area contributed by atoms with Crippen LogP contribution >= 0.6 is 0 Å². The van der Waals surface area contributed by atoms with Crippen LogP contribution in [0, 0.1) is 0 Å². The lowest BCUT2D eigenvalue weighted by molar-refractivity contribution is -0.136. The smallest absolute Gasteiger partial charge is 0.313 e. The fourth-order valence-electron chi connectivity index (χ4n) is 2.39. The van der Waals surface area contributed by atoms with Gasteiger partial charge >= 0.3 is 11.8 Å². The molecule has 0 saturated carbocycles. The summed E-state index contributed by atoms with van der Waals surface area (Å²) in [5.74, 6) is 0.182. The van der Waals surface area contributed by atoms with Crippen molar-refractivity contribution in [1.82, 2.24) is 10.2 Å². The maximum absolute atomic E-state index is 12.1. The first kappa shape index (κ1) is 19.3. The van der Waals surface area contributed by atoms with Crippen LogP contribution in [0.2, 0.25) is 0 Å². The second kappa shape index (κ2) is 8.91. The van der Waals surface area contributed by atoms with E-state index in [1.54, 1.807) is 30.5 Å². The van der Waals surface area contributed by atoms with Crippen LogP contribution in [-0.2, 0) is 9.59 Å². The van der Waals surface area contributed by atoms with Crippen molar-refractivity contribution in [2.45, 2.75) is 6.04 Å². The Kier molecular flexibility index (Phi) is 6.62. The highest BCUT2D eigenvalue weighted by molar-refractivity contribution is 6.39. The molecule has 1 unspecified atom stereocenters. The summed E-state index contributed by atoms with van der Waals surface area (Å²) in [5, 5.41) is 5.15. The van der Waals surface area contributed by atoms with E-state index in [9.17, 15) is 9.59 Å². The highest BCUT2D eigenvalue weighted by atomic mass is 16.5. The van der Waals surface area contributed by atoms with E-state index in [1.165, 1.54) is 14.2 Å². The Labute approximate surface area is 152 Å². The van der Waals surface area contributed by atoms with Gasteiger partial charge < -0.3 is 24.5 Å². The van der Waals surface area contributed by atoms with Crippen LogP contribution in [0.15, 0.2) is 41.0 Å². The van der Waals surface area contributed by atoms with Crippen LogP contribution in [-0.4, -0.2) is 51.6 Å². The summed E-state index contributed by atoms with van der Waals surface area (Å²) in [5.41, 5.74) is 0.429. The maximum atomic E-state index is 12.1. The zero-order chi connectivity index (χ0) is 19.1. The van der Waals surface area contributed by atoms with Gasteiger partial charge in [-0.15, -0.1) is 0 Å². The third kappa shape index (κ3) is 4.76. The van der Waals surface area contributed by atoms with Crippen molar-refractivity contribution in [3.8, 4) is 11.5 Å². The zero-order valence-corrected chi connectivity index (χ0v) is 15.2. The van der Waals surface area contributed by atoms with Gasteiger partial charge in [0.15, 0.2) is 11.5 Å². The fraction of sp³-hybridized carbons (Fsp3) is 0.333. The van der Waals surface area contributed by atoms with Crippen molar-refractivity contribution in [2.24, 2.45) is 0 Å². The van der Waals surface area contributed by atoms with E-state index in [4.69, 9.17) is 13.9 Å². The van der Waals surface area contributed by atoms with Gasteiger partial charge in [-0.05, 0) is 38.4 Å². The Bertz CT molecular complexity index is 743. The van der Waals surface area contributed by atoms with Crippen LogP contribution in [0.5, 0.6) is 11.5 Å². The van der Waals surface area contributed by atoms with E-state index < -0.39 is 11.8 Å². The van der Waals surface area contributed by atoms with Crippen molar-refractivity contribution in [3.05, 3.63) is 42.4 Å². The lowest BCUT2D eigenvalue weighted by Gasteiger charge is -2.22. The number of anilines is 1. The number of amides is 2. The zero-order valence-electron chi connectivity index (χ0n) is 15.2. The number of benzene rings is 1. The summed E-state index contributed by atoms with van der Waals surface area (Å²) in [7, 11) is 6.74. The Morgan fingerprint density at radius 1 is 1.12 bits per heavy atom. The first-order chi connectivity index (χ1) is 12.5. The van der Waals surface area contributed by atoms with Crippen LogP contribution in [0.3, 0.4) is 0 Å². The van der Waals surface area contributed by atoms with Crippen molar-refractivity contribution >= 4 is 17.5 Å². The van der Waals surface area contributed by atoms with Crippen LogP contribution in [0.4, 0.5) is 5.69 Å². The summed E-state index contributed by atoms with van der Waals surface area (Å²) >= 11 is 0. The normalized spacial score (nSPS) is 11.7. The molecule has 2 N–H and O–H groups in total. The van der Waals surface area contributed by atoms with Crippen molar-refractivity contribution in [2.75, 3.05) is 40.2 Å². The standard InChI is InChI=1S/C18H23N3O5/c1-21(2)13(14-6-5-9-26-14)11-19-17(22)18(23)20-12-7-8-15(24-3)16(10-12)25-4/h5-10,13H,11H2,1-4H3,(H,19,22)(H,20,23). The van der Waals surface area contributed by atoms with Crippen LogP contribution in [0.1, 0.15) is 11.8 Å². The summed E-state index contributed by atoms with van der Waals surface area (Å²) in [6.07, 6.45) is 1.57. The number of nitrogens with one attached hydrogen (secondary N) is 2. The number of rotatable bonds is 7. The number of carbonyl (C=O) groups is 2. The lowest BCUT2D eigenvalue weighted by atomic mass is 10.2. The summed E-state index contributed by atoms with van der Waals surface area (Å²) in [6, 6.07) is 8.26. The second-order valence-electron chi connectivity index (χ2n) is 5.73. The molecule has 0 fully saturated rings. The Morgan fingerprint density at radius 2 is 1.85 bits per heavy atom. The van der Waals surface area contributed by atoms with Gasteiger partial charge in [0.25, 0.3) is 0 Å². The van der Waals surface area contributed by atoms with E-state index in [0.29, 0.717) is 22.9 Å². The van der Waals surface area contributed by atoms with E-state index in [1.807, 2.05) is 25.1 Å². The maximum Gasteiger partial charge on any atom is 0.313 e. The molecule has 1 aromatic heterocycles. The van der Waals surface area contributed by atoms with Gasteiger partial charge in [-0.2, -0.15) is 0 Å². The minimum Gasteiger partial charge on any atom is -0.493 e. The molecule has 2 amide bonds. The van der Waals surface area contributed by atoms with Gasteiger partial charge in [-0.25, -0.2) is 0 Å². The molecule has 0 aliphatic heterocycles. The summed E-state index contributed by atoms with van der Waals surface area (Å²) < 4.78 is 15.7. The monoisotopic (exact) mass is 361 g/mol. The van der Waals surface area contributed by atoms with Crippen molar-refractivity contribution in [1.29, 1.82) is 0 Å². The van der Waals surface area contributed by atoms with Gasteiger partial charge in [0.05, 0.1) is 26.5 Å². The molecule has 2 aromatic rings. The number of hydrogen-bond donors (Lipinski definition) is 2. The number of methoxy groups -OCH3 is 2. The minimum absolute atomic E-state index is 0.178. The molecule has 26 heavy (non-hydrogen) atoms. The molecule has 0 bridgehead atoms. The van der Waals surface area contributed by atoms with Gasteiger partial charge in [0, 0.05) is 18.3 Å². The second-order valence-corrected chi connectivity index (χ2v) is 5.73.